The van der Waals surface area contributed by atoms with Gasteiger partial charge in [-0.2, -0.15) is 5.26 Å². The van der Waals surface area contributed by atoms with Crippen LogP contribution in [0.4, 0.5) is 10.2 Å². The number of piperazine rings is 1. The summed E-state index contributed by atoms with van der Waals surface area (Å²) >= 11 is 0. The predicted octanol–water partition coefficient (Wildman–Crippen LogP) is 2.75. The van der Waals surface area contributed by atoms with Crippen LogP contribution in [-0.4, -0.2) is 45.9 Å². The van der Waals surface area contributed by atoms with Crippen LogP contribution in [0.25, 0.3) is 10.8 Å². The molecule has 162 valence electrons. The van der Waals surface area contributed by atoms with Crippen molar-refractivity contribution >= 4 is 22.5 Å². The lowest BCUT2D eigenvalue weighted by Crippen LogP contribution is -2.56. The number of carbonyl (C=O) groups is 1. The molecule has 3 aromatic rings. The molecular formula is C24H22FN5O2. The topological polar surface area (TPSA) is 93.1 Å². The molecule has 1 N–H and O–H groups in total. The molecule has 5 rings (SSSR count). The average Bonchev–Trinajstić information content (AvgIpc) is 3.06. The Morgan fingerprint density at radius 3 is 2.75 bits per heavy atom. The molecule has 0 aliphatic carbocycles. The molecule has 2 bridgehead atoms. The van der Waals surface area contributed by atoms with Gasteiger partial charge in [-0.05, 0) is 48.9 Å². The van der Waals surface area contributed by atoms with Crippen molar-refractivity contribution in [2.45, 2.75) is 37.8 Å². The van der Waals surface area contributed by atoms with Gasteiger partial charge in [0.1, 0.15) is 17.7 Å². The first kappa shape index (κ1) is 20.2. The average molecular weight is 431 g/mol. The molecule has 2 aliphatic rings. The Bertz CT molecular complexity index is 1280. The number of anilines is 1. The summed E-state index contributed by atoms with van der Waals surface area (Å²) in [6.07, 6.45) is 4.20. The Balaban J connectivity index is 1.29. The fourth-order valence-corrected chi connectivity index (χ4v) is 5.06. The van der Waals surface area contributed by atoms with E-state index >= 15 is 0 Å². The first-order valence-electron chi connectivity index (χ1n) is 10.8. The van der Waals surface area contributed by atoms with Crippen LogP contribution < -0.4 is 10.5 Å². The van der Waals surface area contributed by atoms with Gasteiger partial charge < -0.3 is 14.8 Å². The van der Waals surface area contributed by atoms with Crippen molar-refractivity contribution in [1.29, 1.82) is 5.26 Å². The number of rotatable bonds is 4. The van der Waals surface area contributed by atoms with Crippen LogP contribution in [0, 0.1) is 17.1 Å². The summed E-state index contributed by atoms with van der Waals surface area (Å²) in [6.45, 7) is 1.31. The van der Waals surface area contributed by atoms with Gasteiger partial charge in [0.2, 0.25) is 5.91 Å². The molecule has 2 aromatic heterocycles. The fraction of sp³-hybridized carbons (Fsp3) is 0.333. The quantitative estimate of drug-likeness (QED) is 0.686. The standard InChI is InChI=1S/C24H22FN5O2/c25-20-5-1-3-15-11-17(28-24(32)22(15)20)6-9-21(31)30-18-7-8-19(30)14-29(13-18)23-16(12-26)4-2-10-27-23/h1-5,10-11,18-19H,6-9,13-14H2,(H,28,32). The van der Waals surface area contributed by atoms with E-state index in [0.717, 1.165) is 12.8 Å². The van der Waals surface area contributed by atoms with Gasteiger partial charge in [0.05, 0.1) is 10.9 Å². The molecule has 7 nitrogen and oxygen atoms in total. The second-order valence-electron chi connectivity index (χ2n) is 8.41. The number of fused-ring (bicyclic) bond motifs is 3. The fourth-order valence-electron chi connectivity index (χ4n) is 5.06. The maximum Gasteiger partial charge on any atom is 0.258 e. The number of amides is 1. The Kier molecular flexibility index (Phi) is 5.10. The zero-order valence-electron chi connectivity index (χ0n) is 17.4. The van der Waals surface area contributed by atoms with Gasteiger partial charge in [-0.3, -0.25) is 9.59 Å². The molecule has 2 unspecified atom stereocenters. The van der Waals surface area contributed by atoms with Gasteiger partial charge in [-0.25, -0.2) is 9.37 Å². The van der Waals surface area contributed by atoms with Gasteiger partial charge in [0, 0.05) is 43.5 Å². The lowest BCUT2D eigenvalue weighted by Gasteiger charge is -2.42. The number of aromatic nitrogens is 2. The highest BCUT2D eigenvalue weighted by Crippen LogP contribution is 2.33. The molecule has 2 saturated heterocycles. The third-order valence-electron chi connectivity index (χ3n) is 6.46. The molecule has 8 heteroatoms. The van der Waals surface area contributed by atoms with E-state index in [4.69, 9.17) is 0 Å². The SMILES string of the molecule is N#Cc1cccnc1N1CC2CCC(C1)N2C(=O)CCc1cc2cccc(F)c2c(=O)[nH]1. The van der Waals surface area contributed by atoms with E-state index < -0.39 is 11.4 Å². The first-order chi connectivity index (χ1) is 15.5. The van der Waals surface area contributed by atoms with Gasteiger partial charge in [-0.15, -0.1) is 0 Å². The number of nitriles is 1. The van der Waals surface area contributed by atoms with Crippen molar-refractivity contribution in [3.05, 3.63) is 70.0 Å². The van der Waals surface area contributed by atoms with Crippen molar-refractivity contribution in [2.75, 3.05) is 18.0 Å². The van der Waals surface area contributed by atoms with Crippen LogP contribution in [0.3, 0.4) is 0 Å². The lowest BCUT2D eigenvalue weighted by atomic mass is 10.1. The number of nitrogens with zero attached hydrogens (tertiary/aromatic N) is 4. The van der Waals surface area contributed by atoms with Crippen molar-refractivity contribution in [2.24, 2.45) is 0 Å². The maximum absolute atomic E-state index is 13.9. The summed E-state index contributed by atoms with van der Waals surface area (Å²) < 4.78 is 13.9. The minimum Gasteiger partial charge on any atom is -0.351 e. The normalized spacial score (nSPS) is 19.9. The van der Waals surface area contributed by atoms with Crippen LogP contribution in [-0.2, 0) is 11.2 Å². The zero-order valence-corrected chi connectivity index (χ0v) is 17.4. The van der Waals surface area contributed by atoms with Crippen LogP contribution in [0.2, 0.25) is 0 Å². The second kappa shape index (κ2) is 8.08. The molecule has 2 fully saturated rings. The second-order valence-corrected chi connectivity index (χ2v) is 8.41. The lowest BCUT2D eigenvalue weighted by molar-refractivity contribution is -0.134. The van der Waals surface area contributed by atoms with Crippen LogP contribution in [0.5, 0.6) is 0 Å². The van der Waals surface area contributed by atoms with Gasteiger partial charge >= 0.3 is 0 Å². The molecule has 2 aliphatic heterocycles. The van der Waals surface area contributed by atoms with Crippen LogP contribution in [0.15, 0.2) is 47.4 Å². The summed E-state index contributed by atoms with van der Waals surface area (Å²) in [5.41, 5.74) is 0.698. The number of benzene rings is 1. The highest BCUT2D eigenvalue weighted by molar-refractivity contribution is 5.83. The summed E-state index contributed by atoms with van der Waals surface area (Å²) in [5.74, 6) is 0.187. The van der Waals surface area contributed by atoms with Gasteiger partial charge in [0.15, 0.2) is 0 Å². The maximum atomic E-state index is 13.9. The minimum absolute atomic E-state index is 0.0444. The molecule has 32 heavy (non-hydrogen) atoms. The molecular weight excluding hydrogens is 409 g/mol. The van der Waals surface area contributed by atoms with E-state index in [9.17, 15) is 19.2 Å². The Morgan fingerprint density at radius 1 is 1.22 bits per heavy atom. The number of halogens is 1. The predicted molar refractivity (Wildman–Crippen MR) is 118 cm³/mol. The number of H-pyrrole nitrogens is 1. The Labute approximate surface area is 184 Å². The number of aromatic amines is 1. The number of aryl methyl sites for hydroxylation is 1. The third-order valence-corrected chi connectivity index (χ3v) is 6.46. The minimum atomic E-state index is -0.548. The third kappa shape index (κ3) is 3.50. The largest absolute Gasteiger partial charge is 0.351 e. The zero-order chi connectivity index (χ0) is 22.2. The molecule has 0 radical (unpaired) electrons. The highest BCUT2D eigenvalue weighted by Gasteiger charge is 2.42. The van der Waals surface area contributed by atoms with Crippen molar-refractivity contribution in [3.63, 3.8) is 0 Å². The van der Waals surface area contributed by atoms with E-state index in [1.54, 1.807) is 36.5 Å². The number of carbonyl (C=O) groups excluding carboxylic acids is 1. The number of pyridine rings is 2. The van der Waals surface area contributed by atoms with E-state index in [2.05, 4.69) is 20.9 Å². The van der Waals surface area contributed by atoms with E-state index in [1.807, 2.05) is 4.90 Å². The first-order valence-corrected chi connectivity index (χ1v) is 10.8. The highest BCUT2D eigenvalue weighted by atomic mass is 19.1. The molecule has 4 heterocycles. The summed E-state index contributed by atoms with van der Waals surface area (Å²) in [4.78, 5) is 36.6. The molecule has 0 saturated carbocycles. The van der Waals surface area contributed by atoms with Gasteiger partial charge in [0.25, 0.3) is 5.56 Å². The molecule has 2 atom stereocenters. The number of nitrogens with one attached hydrogen (secondary N) is 1. The summed E-state index contributed by atoms with van der Waals surface area (Å²) in [6, 6.07) is 12.2. The van der Waals surface area contributed by atoms with Crippen LogP contribution in [0.1, 0.15) is 30.5 Å². The number of hydrogen-bond acceptors (Lipinski definition) is 5. The van der Waals surface area contributed by atoms with Crippen molar-refractivity contribution < 1.29 is 9.18 Å². The molecule has 1 aromatic carbocycles. The summed E-state index contributed by atoms with van der Waals surface area (Å²) in [5, 5.41) is 9.97. The molecule has 0 spiro atoms. The smallest absolute Gasteiger partial charge is 0.258 e. The Hall–Kier alpha value is -3.73. The Morgan fingerprint density at radius 2 is 2.00 bits per heavy atom. The monoisotopic (exact) mass is 431 g/mol. The van der Waals surface area contributed by atoms with E-state index in [-0.39, 0.29) is 29.8 Å². The van der Waals surface area contributed by atoms with Crippen molar-refractivity contribution in [1.82, 2.24) is 14.9 Å². The number of hydrogen-bond donors (Lipinski definition) is 1. The summed E-state index contributed by atoms with van der Waals surface area (Å²) in [7, 11) is 0. The van der Waals surface area contributed by atoms with E-state index in [0.29, 0.717) is 42.0 Å². The van der Waals surface area contributed by atoms with Crippen LogP contribution >= 0.6 is 0 Å². The van der Waals surface area contributed by atoms with E-state index in [1.165, 1.54) is 6.07 Å². The molecule has 1 amide bonds. The van der Waals surface area contributed by atoms with Crippen molar-refractivity contribution in [3.8, 4) is 6.07 Å². The van der Waals surface area contributed by atoms with Gasteiger partial charge in [-0.1, -0.05) is 12.1 Å².